The van der Waals surface area contributed by atoms with Crippen molar-refractivity contribution in [2.24, 2.45) is 40.0 Å². The summed E-state index contributed by atoms with van der Waals surface area (Å²) in [5, 5.41) is 4.19. The molecule has 0 heterocycles. The van der Waals surface area contributed by atoms with Crippen molar-refractivity contribution in [2.45, 2.75) is 108 Å². The van der Waals surface area contributed by atoms with Gasteiger partial charge in [0.15, 0.2) is 0 Å². The minimum atomic E-state index is -0.185. The first kappa shape index (κ1) is 42.0. The fourth-order valence-corrected chi connectivity index (χ4v) is 4.00. The highest BCUT2D eigenvalue weighted by Gasteiger charge is 2.31. The van der Waals surface area contributed by atoms with Crippen LogP contribution >= 0.6 is 12.8 Å². The van der Waals surface area contributed by atoms with Gasteiger partial charge in [0.2, 0.25) is 0 Å². The van der Waals surface area contributed by atoms with E-state index >= 15 is 0 Å². The third kappa shape index (κ3) is 20.0. The van der Waals surface area contributed by atoms with Crippen molar-refractivity contribution in [3.8, 4) is 0 Å². The minimum Gasteiger partial charge on any atom is -0.333 e. The van der Waals surface area contributed by atoms with Crippen LogP contribution in [0.25, 0.3) is 0 Å². The molecule has 0 bridgehead atoms. The third-order valence-electron chi connectivity index (χ3n) is 6.15. The number of halogens is 1. The van der Waals surface area contributed by atoms with Crippen molar-refractivity contribution in [1.82, 2.24) is 0 Å². The van der Waals surface area contributed by atoms with Crippen molar-refractivity contribution < 1.29 is 4.39 Å². The lowest BCUT2D eigenvalue weighted by Gasteiger charge is -2.23. The van der Waals surface area contributed by atoms with E-state index in [-0.39, 0.29) is 11.2 Å². The fourth-order valence-electron chi connectivity index (χ4n) is 4.00. The summed E-state index contributed by atoms with van der Waals surface area (Å²) in [5.41, 5.74) is 6.79. The number of aryl methyl sites for hydroxylation is 1. The van der Waals surface area contributed by atoms with Gasteiger partial charge in [-0.1, -0.05) is 94.4 Å². The molecule has 4 heteroatoms. The molecule has 2 unspecified atom stereocenters. The summed E-state index contributed by atoms with van der Waals surface area (Å²) in [7, 11) is 1.50. The summed E-state index contributed by atoms with van der Waals surface area (Å²) in [6.45, 7) is 33.6. The van der Waals surface area contributed by atoms with E-state index in [4.69, 9.17) is 0 Å². The Morgan fingerprint density at radius 3 is 1.69 bits per heavy atom. The van der Waals surface area contributed by atoms with Crippen molar-refractivity contribution in [1.29, 1.82) is 0 Å². The molecule has 214 valence electrons. The van der Waals surface area contributed by atoms with Crippen LogP contribution in [0.4, 0.5) is 4.39 Å². The highest BCUT2D eigenvalue weighted by molar-refractivity contribution is 7.77. The summed E-state index contributed by atoms with van der Waals surface area (Å²) in [4.78, 5) is 0. The Labute approximate surface area is 232 Å². The lowest BCUT2D eigenvalue weighted by molar-refractivity contribution is 0.329. The largest absolute Gasteiger partial charge is 0.333 e. The number of nitrogens with two attached hydrogens (primary N) is 2. The second-order valence-corrected chi connectivity index (χ2v) is 11.3. The van der Waals surface area contributed by atoms with E-state index in [1.807, 2.05) is 40.7 Å². The molecule has 0 aliphatic heterocycles. The predicted molar refractivity (Wildman–Crippen MR) is 169 cm³/mol. The molecule has 2 atom stereocenters. The van der Waals surface area contributed by atoms with Gasteiger partial charge in [0.25, 0.3) is 0 Å². The summed E-state index contributed by atoms with van der Waals surface area (Å²) < 4.78 is 13.0. The second kappa shape index (κ2) is 23.0. The average Bonchev–Trinajstić information content (AvgIpc) is 3.15. The summed E-state index contributed by atoms with van der Waals surface area (Å²) in [6, 6.07) is 4.87. The highest BCUT2D eigenvalue weighted by atomic mass is 32.1. The predicted octanol–water partition coefficient (Wildman–Crippen LogP) is 9.92. The van der Waals surface area contributed by atoms with Gasteiger partial charge in [-0.25, -0.2) is 4.39 Å². The van der Waals surface area contributed by atoms with Crippen molar-refractivity contribution >= 4 is 12.8 Å². The number of thiol groups is 1. The minimum absolute atomic E-state index is 0.161. The van der Waals surface area contributed by atoms with Gasteiger partial charge in [-0.15, -0.1) is 26.0 Å². The van der Waals surface area contributed by atoms with Gasteiger partial charge in [0, 0.05) is 5.41 Å². The van der Waals surface area contributed by atoms with Gasteiger partial charge in [-0.3, -0.25) is 5.14 Å². The molecule has 1 aliphatic carbocycles. The average molecular weight is 527 g/mol. The molecule has 2 nitrogen and oxygen atoms in total. The van der Waals surface area contributed by atoms with Crippen LogP contribution in [0.2, 0.25) is 0 Å². The number of hydrogen-bond acceptors (Lipinski definition) is 3. The molecule has 0 radical (unpaired) electrons. The fraction of sp³-hybridized carbons (Fsp3) is 0.688. The Hall–Kier alpha value is -1.10. The third-order valence-corrected chi connectivity index (χ3v) is 6.15. The molecule has 36 heavy (non-hydrogen) atoms. The topological polar surface area (TPSA) is 52.0 Å². The maximum Gasteiger partial charge on any atom is 0.123 e. The van der Waals surface area contributed by atoms with Crippen molar-refractivity contribution in [2.75, 3.05) is 7.05 Å². The van der Waals surface area contributed by atoms with E-state index in [0.717, 1.165) is 34.8 Å². The molecular formula is C32H63FN2S. The standard InChI is InChI=1S/C13H24.C12H15F.C4H10.C2H6.CH5N.H3NS/c1-6-13(4,5)9-12-7-10(2)11(3)8-12;1-5-12(3,4)11-8-10(13)7-6-9(11)2;1-4(2)3;3*1-2/h6,10-12H,1,7-9H2,2-5H3;5-8H,1H2,2-4H3;4H,1-3H3;1-2H3;2H2,1H3;2H,1H2. The maximum atomic E-state index is 13.0. The second-order valence-electron chi connectivity index (χ2n) is 11.3. The Balaban J connectivity index is -0.000000210. The number of allylic oxidation sites excluding steroid dienone is 2. The zero-order chi connectivity index (χ0) is 29.7. The zero-order valence-electron chi connectivity index (χ0n) is 26.2. The lowest BCUT2D eigenvalue weighted by atomic mass is 9.82. The van der Waals surface area contributed by atoms with Crippen molar-refractivity contribution in [3.05, 3.63) is 60.5 Å². The zero-order valence-corrected chi connectivity index (χ0v) is 27.1. The molecular weight excluding hydrogens is 463 g/mol. The Morgan fingerprint density at radius 2 is 1.36 bits per heavy atom. The van der Waals surface area contributed by atoms with Crippen LogP contribution in [0.3, 0.4) is 0 Å². The first-order valence-electron chi connectivity index (χ1n) is 13.5. The van der Waals surface area contributed by atoms with Crippen LogP contribution in [0.5, 0.6) is 0 Å². The van der Waals surface area contributed by atoms with E-state index in [2.05, 4.69) is 91.4 Å². The molecule has 1 aromatic rings. The number of benzene rings is 1. The smallest absolute Gasteiger partial charge is 0.123 e. The summed E-state index contributed by atoms with van der Waals surface area (Å²) in [5.74, 6) is 3.46. The first-order valence-corrected chi connectivity index (χ1v) is 14.0. The lowest BCUT2D eigenvalue weighted by Crippen LogP contribution is -2.14. The van der Waals surface area contributed by atoms with Gasteiger partial charge in [0.1, 0.15) is 5.82 Å². The van der Waals surface area contributed by atoms with Crippen LogP contribution in [0.15, 0.2) is 43.5 Å². The monoisotopic (exact) mass is 526 g/mol. The number of rotatable bonds is 5. The quantitative estimate of drug-likeness (QED) is 0.264. The van der Waals surface area contributed by atoms with Gasteiger partial charge in [0.05, 0.1) is 0 Å². The molecule has 4 N–H and O–H groups in total. The Morgan fingerprint density at radius 1 is 0.972 bits per heavy atom. The van der Waals surface area contributed by atoms with Crippen LogP contribution in [0, 0.1) is 41.8 Å². The molecule has 2 rings (SSSR count). The Kier molecular flexibility index (Phi) is 26.9. The summed E-state index contributed by atoms with van der Waals surface area (Å²) >= 11 is 3.03. The van der Waals surface area contributed by atoms with E-state index in [0.29, 0.717) is 5.41 Å². The van der Waals surface area contributed by atoms with E-state index in [9.17, 15) is 4.39 Å². The molecule has 0 amide bonds. The molecule has 1 aromatic carbocycles. The summed E-state index contributed by atoms with van der Waals surface area (Å²) in [6.07, 6.45) is 8.14. The van der Waals surface area contributed by atoms with Gasteiger partial charge in [-0.05, 0) is 85.6 Å². The van der Waals surface area contributed by atoms with Crippen molar-refractivity contribution in [3.63, 3.8) is 0 Å². The van der Waals surface area contributed by atoms with E-state index in [1.54, 1.807) is 12.1 Å². The van der Waals surface area contributed by atoms with Gasteiger partial charge >= 0.3 is 0 Å². The Bertz CT molecular complexity index is 655. The van der Waals surface area contributed by atoms with Crippen LogP contribution in [-0.4, -0.2) is 7.05 Å². The molecule has 1 aliphatic rings. The SMILES string of the molecule is C=CC(C)(C)CC1CC(C)C(C)C1.C=CC(C)(C)c1cc(F)ccc1C.CC.CC(C)C.CN.NS. The normalized spacial score (nSPS) is 18.2. The van der Waals surface area contributed by atoms with E-state index < -0.39 is 0 Å². The molecule has 0 saturated heterocycles. The molecule has 1 saturated carbocycles. The van der Waals surface area contributed by atoms with Crippen LogP contribution < -0.4 is 10.9 Å². The van der Waals surface area contributed by atoms with Gasteiger partial charge in [-0.2, -0.15) is 0 Å². The first-order chi connectivity index (χ1) is 16.6. The van der Waals surface area contributed by atoms with E-state index in [1.165, 1.54) is 32.4 Å². The van der Waals surface area contributed by atoms with Crippen LogP contribution in [0.1, 0.15) is 107 Å². The number of hydrogen-bond donors (Lipinski definition) is 3. The van der Waals surface area contributed by atoms with Crippen LogP contribution in [-0.2, 0) is 5.41 Å². The molecule has 0 spiro atoms. The highest BCUT2D eigenvalue weighted by Crippen LogP contribution is 2.41. The van der Waals surface area contributed by atoms with Gasteiger partial charge < -0.3 is 5.73 Å². The maximum absolute atomic E-state index is 13.0. The molecule has 0 aromatic heterocycles. The molecule has 1 fully saturated rings.